The van der Waals surface area contributed by atoms with Crippen molar-refractivity contribution in [3.63, 3.8) is 0 Å². The number of likely N-dealkylation sites (tertiary alicyclic amines) is 2. The molecule has 3 heterocycles. The first-order valence-electron chi connectivity index (χ1n) is 13.3. The van der Waals surface area contributed by atoms with E-state index in [9.17, 15) is 9.90 Å². The average molecular weight is 493 g/mol. The van der Waals surface area contributed by atoms with Crippen LogP contribution in [0.15, 0.2) is 48.5 Å². The van der Waals surface area contributed by atoms with Gasteiger partial charge >= 0.3 is 0 Å². The van der Waals surface area contributed by atoms with Crippen LogP contribution >= 0.6 is 0 Å². The van der Waals surface area contributed by atoms with Crippen LogP contribution in [0, 0.1) is 11.8 Å². The largest absolute Gasteiger partial charge is 0.508 e. The number of carbonyl (C=O) groups excluding carboxylic acids is 1. The zero-order chi connectivity index (χ0) is 24.4. The summed E-state index contributed by atoms with van der Waals surface area (Å²) in [7, 11) is 0. The van der Waals surface area contributed by atoms with Gasteiger partial charge in [-0.2, -0.15) is 0 Å². The molecule has 36 heavy (non-hydrogen) atoms. The molecule has 8 rings (SSSR count). The van der Waals surface area contributed by atoms with E-state index in [-0.39, 0.29) is 30.3 Å². The number of phenolic OH excluding ortho intramolecular Hbond substituents is 1. The molecule has 3 aliphatic heterocycles. The second-order valence-electron chi connectivity index (χ2n) is 11.9. The van der Waals surface area contributed by atoms with Crippen LogP contribution in [0.25, 0.3) is 0 Å². The van der Waals surface area contributed by atoms with Crippen molar-refractivity contribution in [2.24, 2.45) is 11.8 Å². The Morgan fingerprint density at radius 1 is 1.11 bits per heavy atom. The molecule has 4 bridgehead atoms. The molecule has 2 saturated carbocycles. The lowest BCUT2D eigenvalue weighted by molar-refractivity contribution is -0.259. The minimum Gasteiger partial charge on any atom is -0.508 e. The van der Waals surface area contributed by atoms with E-state index in [1.165, 1.54) is 0 Å². The van der Waals surface area contributed by atoms with Crippen LogP contribution < -0.4 is 0 Å². The SMILES string of the molecule is O=C(c1ccccc1)N1C[C@H]2OC34CCC1C2C31c2cc(O)ccc2CC4N(CC2CC2)CC1(F)F. The van der Waals surface area contributed by atoms with Crippen molar-refractivity contribution in [3.8, 4) is 5.75 Å². The topological polar surface area (TPSA) is 53.0 Å². The number of nitrogens with zero attached hydrogens (tertiary/aromatic N) is 2. The molecule has 5 unspecified atom stereocenters. The molecule has 5 fully saturated rings. The van der Waals surface area contributed by atoms with Crippen molar-refractivity contribution >= 4 is 5.91 Å². The molecular weight excluding hydrogens is 462 g/mol. The zero-order valence-corrected chi connectivity index (χ0v) is 20.1. The molecule has 2 aromatic carbocycles. The number of aromatic hydroxyl groups is 1. The molecule has 3 saturated heterocycles. The Balaban J connectivity index is 1.31. The normalized spacial score (nSPS) is 39.6. The standard InChI is InChI=1S/C29H30F2N2O3/c30-28(31)16-32(14-17-6-7-17)24-12-19-8-9-20(34)13-21(19)29(28)25-22-10-11-27(24,29)36-23(25)15-33(22)26(35)18-4-2-1-3-5-18/h1-5,8-9,13,17,22-25,34H,6-7,10-12,14-16H2/t22?,23-,24?,25?,27?,29?/m1/s1. The Kier molecular flexibility index (Phi) is 4.11. The Hall–Kier alpha value is -2.51. The van der Waals surface area contributed by atoms with Crippen molar-refractivity contribution in [2.75, 3.05) is 19.6 Å². The van der Waals surface area contributed by atoms with Gasteiger partial charge in [0.2, 0.25) is 0 Å². The molecule has 188 valence electrons. The molecule has 6 atom stereocenters. The van der Waals surface area contributed by atoms with Gasteiger partial charge in [0.15, 0.2) is 0 Å². The van der Waals surface area contributed by atoms with Crippen molar-refractivity contribution in [2.45, 2.75) is 67.2 Å². The number of piperidine rings is 1. The highest BCUT2D eigenvalue weighted by atomic mass is 19.3. The molecule has 1 N–H and O–H groups in total. The highest BCUT2D eigenvalue weighted by molar-refractivity contribution is 5.94. The van der Waals surface area contributed by atoms with Gasteiger partial charge < -0.3 is 14.7 Å². The van der Waals surface area contributed by atoms with Crippen LogP contribution in [0.1, 0.15) is 47.2 Å². The molecule has 1 amide bonds. The van der Waals surface area contributed by atoms with Crippen molar-refractivity contribution < 1.29 is 23.4 Å². The van der Waals surface area contributed by atoms with Gasteiger partial charge in [-0.15, -0.1) is 0 Å². The van der Waals surface area contributed by atoms with Gasteiger partial charge in [0.1, 0.15) is 11.4 Å². The third-order valence-electron chi connectivity index (χ3n) is 10.3. The van der Waals surface area contributed by atoms with Crippen LogP contribution in [-0.2, 0) is 16.6 Å². The Morgan fingerprint density at radius 2 is 1.92 bits per heavy atom. The number of hydrogen-bond donors (Lipinski definition) is 1. The van der Waals surface area contributed by atoms with Crippen LogP contribution in [0.4, 0.5) is 8.78 Å². The van der Waals surface area contributed by atoms with E-state index in [1.807, 2.05) is 29.2 Å². The van der Waals surface area contributed by atoms with E-state index >= 15 is 8.78 Å². The summed E-state index contributed by atoms with van der Waals surface area (Å²) in [6.07, 6.45) is 3.62. The monoisotopic (exact) mass is 492 g/mol. The van der Waals surface area contributed by atoms with Crippen LogP contribution in [-0.4, -0.2) is 70.2 Å². The number of halogens is 2. The molecular formula is C29H30F2N2O3. The first-order chi connectivity index (χ1) is 17.4. The lowest BCUT2D eigenvalue weighted by Gasteiger charge is -2.66. The van der Waals surface area contributed by atoms with E-state index < -0.39 is 29.0 Å². The number of benzene rings is 2. The summed E-state index contributed by atoms with van der Waals surface area (Å²) < 4.78 is 40.9. The lowest BCUT2D eigenvalue weighted by Crippen LogP contribution is -2.81. The van der Waals surface area contributed by atoms with Crippen molar-refractivity contribution in [1.29, 1.82) is 0 Å². The Morgan fingerprint density at radius 3 is 2.69 bits per heavy atom. The Bertz CT molecular complexity index is 1270. The number of ether oxygens (including phenoxy) is 1. The molecule has 7 heteroatoms. The highest BCUT2D eigenvalue weighted by Crippen LogP contribution is 2.73. The third kappa shape index (κ3) is 2.44. The van der Waals surface area contributed by atoms with Crippen molar-refractivity contribution in [3.05, 3.63) is 65.2 Å². The second kappa shape index (κ2) is 6.87. The molecule has 0 radical (unpaired) electrons. The summed E-state index contributed by atoms with van der Waals surface area (Å²) >= 11 is 0. The predicted octanol–water partition coefficient (Wildman–Crippen LogP) is 3.99. The average Bonchev–Trinajstić information content (AvgIpc) is 3.55. The number of fused-ring (bicyclic) bond motifs is 1. The van der Waals surface area contributed by atoms with Crippen molar-refractivity contribution in [1.82, 2.24) is 9.80 Å². The summed E-state index contributed by atoms with van der Waals surface area (Å²) in [5.74, 6) is -3.14. The third-order valence-corrected chi connectivity index (χ3v) is 10.3. The van der Waals surface area contributed by atoms with Gasteiger partial charge in [-0.05, 0) is 73.4 Å². The molecule has 3 aliphatic carbocycles. The minimum absolute atomic E-state index is 0.0162. The molecule has 0 aromatic heterocycles. The number of rotatable bonds is 3. The molecule has 0 spiro atoms. The molecule has 6 aliphatic rings. The van der Waals surface area contributed by atoms with Gasteiger partial charge in [0.05, 0.1) is 18.1 Å². The first kappa shape index (κ1) is 21.6. The van der Waals surface area contributed by atoms with Crippen LogP contribution in [0.5, 0.6) is 5.75 Å². The van der Waals surface area contributed by atoms with Crippen LogP contribution in [0.3, 0.4) is 0 Å². The lowest BCUT2D eigenvalue weighted by atomic mass is 9.45. The van der Waals surface area contributed by atoms with E-state index in [4.69, 9.17) is 4.74 Å². The van der Waals surface area contributed by atoms with E-state index in [1.54, 1.807) is 29.2 Å². The van der Waals surface area contributed by atoms with E-state index in [0.717, 1.165) is 18.4 Å². The summed E-state index contributed by atoms with van der Waals surface area (Å²) in [6.45, 7) is 0.759. The van der Waals surface area contributed by atoms with Gasteiger partial charge in [0.25, 0.3) is 11.8 Å². The maximum Gasteiger partial charge on any atom is 0.273 e. The number of phenols is 1. The molecule has 5 nitrogen and oxygen atoms in total. The second-order valence-corrected chi connectivity index (χ2v) is 11.9. The van der Waals surface area contributed by atoms with Gasteiger partial charge in [-0.1, -0.05) is 24.3 Å². The van der Waals surface area contributed by atoms with Gasteiger partial charge in [-0.25, -0.2) is 8.78 Å². The summed E-state index contributed by atoms with van der Waals surface area (Å²) in [4.78, 5) is 17.4. The van der Waals surface area contributed by atoms with Crippen LogP contribution in [0.2, 0.25) is 0 Å². The fourth-order valence-electron chi connectivity index (χ4n) is 9.03. The summed E-state index contributed by atoms with van der Waals surface area (Å²) in [6, 6.07) is 13.7. The first-order valence-corrected chi connectivity index (χ1v) is 13.3. The fraction of sp³-hybridized carbons (Fsp3) is 0.552. The van der Waals surface area contributed by atoms with Gasteiger partial charge in [-0.3, -0.25) is 9.69 Å². The predicted molar refractivity (Wildman–Crippen MR) is 128 cm³/mol. The maximum atomic E-state index is 17.0. The smallest absolute Gasteiger partial charge is 0.273 e. The fourth-order valence-corrected chi connectivity index (χ4v) is 9.03. The van der Waals surface area contributed by atoms with E-state index in [2.05, 4.69) is 0 Å². The minimum atomic E-state index is -3.05. The number of alkyl halides is 2. The maximum absolute atomic E-state index is 17.0. The summed E-state index contributed by atoms with van der Waals surface area (Å²) in [5.41, 5.74) is -0.515. The number of hydrogen-bond acceptors (Lipinski definition) is 4. The number of amides is 1. The Labute approximate surface area is 209 Å². The number of carbonyl (C=O) groups is 1. The van der Waals surface area contributed by atoms with E-state index in [0.29, 0.717) is 49.4 Å². The zero-order valence-electron chi connectivity index (χ0n) is 20.1. The van der Waals surface area contributed by atoms with Gasteiger partial charge in [0, 0.05) is 36.7 Å². The quantitative estimate of drug-likeness (QED) is 0.704. The molecule has 2 aromatic rings. The summed E-state index contributed by atoms with van der Waals surface area (Å²) in [5, 5.41) is 10.5. The highest BCUT2D eigenvalue weighted by Gasteiger charge is 2.86.